The monoisotopic (exact) mass is 498 g/mol. The molecule has 0 aromatic rings. The summed E-state index contributed by atoms with van der Waals surface area (Å²) in [4.78, 5) is 27.1. The second-order valence-corrected chi connectivity index (χ2v) is 14.9. The topological polar surface area (TPSA) is 63.6 Å². The standard InChI is InChI=1S/C32H50O4/c1-9-36-27(35)32-17-16-30(7)20(26(32)25(19(2)3)21(33)18-32)10-11-23-29(6)14-13-24(34)28(4,5)22(29)12-15-31(23,30)8/h19-20,22-24,34H,9-18H2,1-8H3/t20?,22?,23?,24-,29-,30+,31+,32+/m0/s1. The summed E-state index contributed by atoms with van der Waals surface area (Å²) in [6.07, 6.45) is 8.37. The molecule has 0 bridgehead atoms. The maximum absolute atomic E-state index is 13.6. The Hall–Kier alpha value is -1.16. The maximum atomic E-state index is 13.6. The molecule has 0 aromatic heterocycles. The lowest BCUT2D eigenvalue weighted by atomic mass is 9.33. The van der Waals surface area contributed by atoms with E-state index in [4.69, 9.17) is 4.74 Å². The van der Waals surface area contributed by atoms with E-state index in [0.29, 0.717) is 24.9 Å². The van der Waals surface area contributed by atoms with Crippen LogP contribution in [0.25, 0.3) is 0 Å². The Morgan fingerprint density at radius 1 is 0.944 bits per heavy atom. The summed E-state index contributed by atoms with van der Waals surface area (Å²) in [6.45, 7) is 18.7. The van der Waals surface area contributed by atoms with Crippen molar-refractivity contribution in [3.05, 3.63) is 11.1 Å². The van der Waals surface area contributed by atoms with Gasteiger partial charge in [-0.05, 0) is 115 Å². The predicted molar refractivity (Wildman–Crippen MR) is 142 cm³/mol. The highest BCUT2D eigenvalue weighted by molar-refractivity contribution is 6.05. The van der Waals surface area contributed by atoms with Gasteiger partial charge in [0.1, 0.15) is 0 Å². The van der Waals surface area contributed by atoms with Gasteiger partial charge in [0.2, 0.25) is 0 Å². The lowest BCUT2D eigenvalue weighted by Gasteiger charge is -2.72. The zero-order chi connectivity index (χ0) is 26.5. The summed E-state index contributed by atoms with van der Waals surface area (Å²) >= 11 is 0. The van der Waals surface area contributed by atoms with Crippen molar-refractivity contribution in [1.29, 1.82) is 0 Å². The van der Waals surface area contributed by atoms with E-state index in [0.717, 1.165) is 50.5 Å². The Kier molecular flexibility index (Phi) is 6.00. The first-order valence-corrected chi connectivity index (χ1v) is 14.8. The molecule has 202 valence electrons. The Balaban J connectivity index is 1.61. The number of carbonyl (C=O) groups excluding carboxylic acids is 2. The third-order valence-corrected chi connectivity index (χ3v) is 13.1. The van der Waals surface area contributed by atoms with E-state index in [-0.39, 0.29) is 51.4 Å². The van der Waals surface area contributed by atoms with Crippen molar-refractivity contribution in [3.8, 4) is 0 Å². The van der Waals surface area contributed by atoms with Crippen LogP contribution in [0.4, 0.5) is 0 Å². The number of hydrogen-bond acceptors (Lipinski definition) is 4. The Bertz CT molecular complexity index is 992. The molecule has 0 amide bonds. The van der Waals surface area contributed by atoms with Crippen LogP contribution in [-0.4, -0.2) is 29.6 Å². The number of aliphatic hydroxyl groups excluding tert-OH is 1. The van der Waals surface area contributed by atoms with E-state index in [1.807, 2.05) is 6.92 Å². The van der Waals surface area contributed by atoms with E-state index in [1.165, 1.54) is 12.0 Å². The maximum Gasteiger partial charge on any atom is 0.316 e. The molecule has 0 saturated heterocycles. The normalized spacial score (nSPS) is 47.7. The smallest absolute Gasteiger partial charge is 0.316 e. The van der Waals surface area contributed by atoms with Gasteiger partial charge in [0.25, 0.3) is 0 Å². The third kappa shape index (κ3) is 3.09. The molecule has 0 spiro atoms. The first-order valence-electron chi connectivity index (χ1n) is 14.8. The van der Waals surface area contributed by atoms with Gasteiger partial charge in [-0.1, -0.05) is 48.5 Å². The fraction of sp³-hybridized carbons (Fsp3) is 0.875. The zero-order valence-electron chi connectivity index (χ0n) is 24.1. The average Bonchev–Trinajstić information content (AvgIpc) is 3.10. The number of carbonyl (C=O) groups is 2. The van der Waals surface area contributed by atoms with Gasteiger partial charge in [-0.15, -0.1) is 0 Å². The fourth-order valence-corrected chi connectivity index (χ4v) is 11.1. The summed E-state index contributed by atoms with van der Waals surface area (Å²) in [6, 6.07) is 0. The Morgan fingerprint density at radius 2 is 1.64 bits per heavy atom. The van der Waals surface area contributed by atoms with Crippen LogP contribution in [0.1, 0.15) is 113 Å². The van der Waals surface area contributed by atoms with Crippen molar-refractivity contribution in [1.82, 2.24) is 0 Å². The van der Waals surface area contributed by atoms with Gasteiger partial charge in [-0.3, -0.25) is 9.59 Å². The molecule has 4 nitrogen and oxygen atoms in total. The third-order valence-electron chi connectivity index (χ3n) is 13.1. The highest BCUT2D eigenvalue weighted by Gasteiger charge is 2.71. The molecule has 5 aliphatic rings. The van der Waals surface area contributed by atoms with Crippen LogP contribution < -0.4 is 0 Å². The molecule has 4 heteroatoms. The molecule has 4 saturated carbocycles. The molecule has 0 radical (unpaired) electrons. The molecule has 36 heavy (non-hydrogen) atoms. The van der Waals surface area contributed by atoms with Crippen molar-refractivity contribution in [2.45, 2.75) is 119 Å². The van der Waals surface area contributed by atoms with E-state index in [9.17, 15) is 14.7 Å². The number of esters is 1. The number of ether oxygens (including phenoxy) is 1. The summed E-state index contributed by atoms with van der Waals surface area (Å²) < 4.78 is 5.68. The summed E-state index contributed by atoms with van der Waals surface area (Å²) in [5.41, 5.74) is 1.77. The lowest BCUT2D eigenvalue weighted by Crippen LogP contribution is -2.65. The zero-order valence-corrected chi connectivity index (χ0v) is 24.1. The van der Waals surface area contributed by atoms with Crippen LogP contribution in [0.3, 0.4) is 0 Å². The predicted octanol–water partition coefficient (Wildman–Crippen LogP) is 6.89. The van der Waals surface area contributed by atoms with Crippen LogP contribution in [0.2, 0.25) is 0 Å². The lowest BCUT2D eigenvalue weighted by molar-refractivity contribution is -0.229. The largest absolute Gasteiger partial charge is 0.465 e. The molecule has 3 unspecified atom stereocenters. The van der Waals surface area contributed by atoms with Crippen LogP contribution >= 0.6 is 0 Å². The number of allylic oxidation sites excluding steroid dienone is 1. The first-order chi connectivity index (χ1) is 16.7. The number of Topliss-reactive ketones (excluding diaryl/α,β-unsaturated/α-hetero) is 1. The summed E-state index contributed by atoms with van der Waals surface area (Å²) in [5.74, 6) is 1.56. The van der Waals surface area contributed by atoms with Crippen molar-refractivity contribution >= 4 is 11.8 Å². The van der Waals surface area contributed by atoms with Gasteiger partial charge < -0.3 is 9.84 Å². The highest BCUT2D eigenvalue weighted by Crippen LogP contribution is 2.76. The SMILES string of the molecule is CCOC(=O)[C@@]12CC[C@]3(C)C(CCC4[C@@]5(C)CC[C@H](O)C(C)(C)C5CC[C@]43C)C1=C(C(C)C)C(=O)C2. The quantitative estimate of drug-likeness (QED) is 0.430. The van der Waals surface area contributed by atoms with E-state index < -0.39 is 5.41 Å². The molecular weight excluding hydrogens is 448 g/mol. The van der Waals surface area contributed by atoms with Crippen LogP contribution in [-0.2, 0) is 14.3 Å². The number of hydrogen-bond donors (Lipinski definition) is 1. The second-order valence-electron chi connectivity index (χ2n) is 14.9. The van der Waals surface area contributed by atoms with Gasteiger partial charge in [0.05, 0.1) is 18.1 Å². The number of fused-ring (bicyclic) bond motifs is 7. The average molecular weight is 499 g/mol. The minimum atomic E-state index is -0.738. The summed E-state index contributed by atoms with van der Waals surface area (Å²) in [5, 5.41) is 10.9. The molecule has 0 heterocycles. The number of rotatable bonds is 3. The van der Waals surface area contributed by atoms with E-state index >= 15 is 0 Å². The Labute approximate surface area is 219 Å². The first kappa shape index (κ1) is 26.4. The molecule has 0 aliphatic heterocycles. The van der Waals surface area contributed by atoms with Crippen LogP contribution in [0.15, 0.2) is 11.1 Å². The molecule has 8 atom stereocenters. The van der Waals surface area contributed by atoms with Crippen molar-refractivity contribution in [2.75, 3.05) is 6.61 Å². The Morgan fingerprint density at radius 3 is 2.28 bits per heavy atom. The van der Waals surface area contributed by atoms with Crippen molar-refractivity contribution < 1.29 is 19.4 Å². The molecule has 4 fully saturated rings. The van der Waals surface area contributed by atoms with Crippen molar-refractivity contribution in [3.63, 3.8) is 0 Å². The van der Waals surface area contributed by atoms with Crippen molar-refractivity contribution in [2.24, 2.45) is 50.7 Å². The van der Waals surface area contributed by atoms with Gasteiger partial charge in [0.15, 0.2) is 5.78 Å². The molecular formula is C32H50O4. The number of ketones is 1. The van der Waals surface area contributed by atoms with Gasteiger partial charge in [-0.25, -0.2) is 0 Å². The summed E-state index contributed by atoms with van der Waals surface area (Å²) in [7, 11) is 0. The van der Waals surface area contributed by atoms with Gasteiger partial charge >= 0.3 is 5.97 Å². The molecule has 5 rings (SSSR count). The molecule has 1 N–H and O–H groups in total. The van der Waals surface area contributed by atoms with Gasteiger partial charge in [0, 0.05) is 6.42 Å². The van der Waals surface area contributed by atoms with Crippen LogP contribution in [0.5, 0.6) is 0 Å². The van der Waals surface area contributed by atoms with E-state index in [1.54, 1.807) is 0 Å². The minimum Gasteiger partial charge on any atom is -0.465 e. The second kappa shape index (κ2) is 8.17. The minimum absolute atomic E-state index is 0.0527. The fourth-order valence-electron chi connectivity index (χ4n) is 11.1. The van der Waals surface area contributed by atoms with Gasteiger partial charge in [-0.2, -0.15) is 0 Å². The molecule has 5 aliphatic carbocycles. The number of aliphatic hydroxyl groups is 1. The van der Waals surface area contributed by atoms with E-state index in [2.05, 4.69) is 48.5 Å². The van der Waals surface area contributed by atoms with Crippen LogP contribution in [0, 0.1) is 50.7 Å². The molecule has 0 aromatic carbocycles. The highest BCUT2D eigenvalue weighted by atomic mass is 16.5.